The van der Waals surface area contributed by atoms with Crippen molar-refractivity contribution in [2.24, 2.45) is 0 Å². The molecule has 18 heavy (non-hydrogen) atoms. The number of anilines is 2. The number of nitrogen functional groups attached to an aromatic ring is 1. The van der Waals surface area contributed by atoms with E-state index < -0.39 is 0 Å². The number of nitrogens with two attached hydrogens (primary N) is 1. The van der Waals surface area contributed by atoms with Gasteiger partial charge in [0.2, 0.25) is 5.75 Å². The van der Waals surface area contributed by atoms with Gasteiger partial charge in [-0.15, -0.1) is 0 Å². The van der Waals surface area contributed by atoms with Gasteiger partial charge in [-0.05, 0) is 26.4 Å². The molecule has 2 heterocycles. The Morgan fingerprint density at radius 3 is 2.94 bits per heavy atom. The summed E-state index contributed by atoms with van der Waals surface area (Å²) in [7, 11) is 5.77. The first-order valence-corrected chi connectivity index (χ1v) is 6.19. The number of hydrogen-bond donors (Lipinski definition) is 1. The highest BCUT2D eigenvalue weighted by Gasteiger charge is 2.24. The van der Waals surface area contributed by atoms with Crippen molar-refractivity contribution in [3.8, 4) is 5.75 Å². The van der Waals surface area contributed by atoms with Crippen LogP contribution in [-0.2, 0) is 0 Å². The van der Waals surface area contributed by atoms with Crippen LogP contribution in [0.2, 0.25) is 0 Å². The monoisotopic (exact) mass is 251 g/mol. The molecule has 1 fully saturated rings. The lowest BCUT2D eigenvalue weighted by molar-refractivity contribution is 0.313. The van der Waals surface area contributed by atoms with E-state index in [1.165, 1.54) is 25.7 Å². The Morgan fingerprint density at radius 2 is 2.33 bits per heavy atom. The van der Waals surface area contributed by atoms with Crippen LogP contribution in [0.1, 0.15) is 12.8 Å². The van der Waals surface area contributed by atoms with Crippen LogP contribution in [0.3, 0.4) is 0 Å². The zero-order valence-electron chi connectivity index (χ0n) is 11.3. The fourth-order valence-electron chi connectivity index (χ4n) is 2.46. The molecule has 1 aromatic heterocycles. The van der Waals surface area contributed by atoms with Crippen LogP contribution in [0.25, 0.3) is 0 Å². The Hall–Kier alpha value is -1.56. The van der Waals surface area contributed by atoms with Crippen molar-refractivity contribution in [3.05, 3.63) is 6.33 Å². The zero-order chi connectivity index (χ0) is 13.1. The van der Waals surface area contributed by atoms with Crippen molar-refractivity contribution in [2.45, 2.75) is 18.9 Å². The van der Waals surface area contributed by atoms with Gasteiger partial charge in [0.15, 0.2) is 11.6 Å². The number of aromatic nitrogens is 2. The molecule has 0 saturated carbocycles. The summed E-state index contributed by atoms with van der Waals surface area (Å²) in [5.74, 6) is 1.69. The van der Waals surface area contributed by atoms with Crippen molar-refractivity contribution in [3.63, 3.8) is 0 Å². The van der Waals surface area contributed by atoms with Gasteiger partial charge in [-0.1, -0.05) is 0 Å². The molecule has 2 N–H and O–H groups in total. The first kappa shape index (κ1) is 12.9. The maximum atomic E-state index is 5.79. The molecule has 1 unspecified atom stereocenters. The molecular formula is C12H21N5O. The Labute approximate surface area is 108 Å². The van der Waals surface area contributed by atoms with Gasteiger partial charge in [0.25, 0.3) is 0 Å². The largest absolute Gasteiger partial charge is 0.490 e. The second-order valence-electron chi connectivity index (χ2n) is 4.77. The van der Waals surface area contributed by atoms with E-state index in [1.807, 2.05) is 7.05 Å². The number of likely N-dealkylation sites (N-methyl/N-ethyl adjacent to an activating group) is 2. The van der Waals surface area contributed by atoms with E-state index in [0.29, 0.717) is 17.6 Å². The van der Waals surface area contributed by atoms with E-state index in [0.717, 1.165) is 12.4 Å². The first-order chi connectivity index (χ1) is 8.63. The van der Waals surface area contributed by atoms with Gasteiger partial charge in [0.1, 0.15) is 6.33 Å². The average molecular weight is 251 g/mol. The Balaban J connectivity index is 2.13. The molecule has 6 heteroatoms. The highest BCUT2D eigenvalue weighted by atomic mass is 16.5. The van der Waals surface area contributed by atoms with Crippen molar-refractivity contribution >= 4 is 11.6 Å². The molecule has 1 aliphatic heterocycles. The maximum absolute atomic E-state index is 5.79. The maximum Gasteiger partial charge on any atom is 0.204 e. The van der Waals surface area contributed by atoms with Gasteiger partial charge in [-0.3, -0.25) is 0 Å². The summed E-state index contributed by atoms with van der Waals surface area (Å²) in [4.78, 5) is 12.7. The van der Waals surface area contributed by atoms with Crippen molar-refractivity contribution in [1.29, 1.82) is 0 Å². The Kier molecular flexibility index (Phi) is 3.86. The highest BCUT2D eigenvalue weighted by molar-refractivity contribution is 5.62. The van der Waals surface area contributed by atoms with Gasteiger partial charge in [-0.25, -0.2) is 9.97 Å². The third-order valence-electron chi connectivity index (χ3n) is 3.53. The lowest BCUT2D eigenvalue weighted by Gasteiger charge is -2.27. The second kappa shape index (κ2) is 5.39. The number of ether oxygens (including phenoxy) is 1. The van der Waals surface area contributed by atoms with Crippen LogP contribution in [-0.4, -0.2) is 55.2 Å². The summed E-state index contributed by atoms with van der Waals surface area (Å²) >= 11 is 0. The van der Waals surface area contributed by atoms with Gasteiger partial charge >= 0.3 is 0 Å². The summed E-state index contributed by atoms with van der Waals surface area (Å²) in [6, 6.07) is 0.566. The predicted molar refractivity (Wildman–Crippen MR) is 71.9 cm³/mol. The third kappa shape index (κ3) is 2.48. The molecule has 100 valence electrons. The molecule has 0 bridgehead atoms. The van der Waals surface area contributed by atoms with Crippen LogP contribution in [0.5, 0.6) is 5.75 Å². The minimum Gasteiger partial charge on any atom is -0.490 e. The second-order valence-corrected chi connectivity index (χ2v) is 4.77. The van der Waals surface area contributed by atoms with Gasteiger partial charge < -0.3 is 20.3 Å². The van der Waals surface area contributed by atoms with E-state index in [2.05, 4.69) is 26.8 Å². The van der Waals surface area contributed by atoms with E-state index in [4.69, 9.17) is 10.5 Å². The minimum absolute atomic E-state index is 0.383. The third-order valence-corrected chi connectivity index (χ3v) is 3.53. The molecule has 0 radical (unpaired) electrons. The molecule has 1 saturated heterocycles. The van der Waals surface area contributed by atoms with E-state index in [1.54, 1.807) is 7.11 Å². The molecule has 1 aliphatic rings. The van der Waals surface area contributed by atoms with Crippen LogP contribution >= 0.6 is 0 Å². The van der Waals surface area contributed by atoms with Gasteiger partial charge in [-0.2, -0.15) is 0 Å². The van der Waals surface area contributed by atoms with Gasteiger partial charge in [0.05, 0.1) is 7.11 Å². The summed E-state index contributed by atoms with van der Waals surface area (Å²) in [5, 5.41) is 0. The quantitative estimate of drug-likeness (QED) is 0.845. The number of nitrogens with zero attached hydrogens (tertiary/aromatic N) is 4. The summed E-state index contributed by atoms with van der Waals surface area (Å²) in [6.45, 7) is 2.09. The standard InChI is InChI=1S/C12H21N5O/c1-16-6-4-5-9(16)7-17(2)12-10(18-3)11(13)14-8-15-12/h8-9H,4-7H2,1-3H3,(H2,13,14,15). The summed E-state index contributed by atoms with van der Waals surface area (Å²) < 4.78 is 5.28. The summed E-state index contributed by atoms with van der Waals surface area (Å²) in [5.41, 5.74) is 5.79. The molecule has 6 nitrogen and oxygen atoms in total. The molecule has 2 rings (SSSR count). The smallest absolute Gasteiger partial charge is 0.204 e. The van der Waals surface area contributed by atoms with Crippen LogP contribution < -0.4 is 15.4 Å². The minimum atomic E-state index is 0.383. The SMILES string of the molecule is COc1c(N)ncnc1N(C)CC1CCCN1C. The molecule has 0 spiro atoms. The number of hydrogen-bond acceptors (Lipinski definition) is 6. The average Bonchev–Trinajstić information content (AvgIpc) is 2.74. The molecule has 0 amide bonds. The molecular weight excluding hydrogens is 230 g/mol. The fraction of sp³-hybridized carbons (Fsp3) is 0.667. The fourth-order valence-corrected chi connectivity index (χ4v) is 2.46. The highest BCUT2D eigenvalue weighted by Crippen LogP contribution is 2.29. The Morgan fingerprint density at radius 1 is 1.56 bits per heavy atom. The number of methoxy groups -OCH3 is 1. The van der Waals surface area contributed by atoms with Crippen molar-refractivity contribution < 1.29 is 4.74 Å². The topological polar surface area (TPSA) is 67.5 Å². The zero-order valence-corrected chi connectivity index (χ0v) is 11.3. The van der Waals surface area contributed by atoms with Crippen LogP contribution in [0, 0.1) is 0 Å². The van der Waals surface area contributed by atoms with E-state index in [-0.39, 0.29) is 0 Å². The Bertz CT molecular complexity index is 411. The van der Waals surface area contributed by atoms with E-state index >= 15 is 0 Å². The molecule has 1 atom stereocenters. The molecule has 0 aromatic carbocycles. The first-order valence-electron chi connectivity index (χ1n) is 6.19. The molecule has 0 aliphatic carbocycles. The predicted octanol–water partition coefficient (Wildman–Crippen LogP) is 0.598. The van der Waals surface area contributed by atoms with Crippen LogP contribution in [0.4, 0.5) is 11.6 Å². The van der Waals surface area contributed by atoms with Crippen molar-refractivity contribution in [2.75, 3.05) is 44.9 Å². The number of likely N-dealkylation sites (tertiary alicyclic amines) is 1. The summed E-state index contributed by atoms with van der Waals surface area (Å²) in [6.07, 6.45) is 3.96. The number of rotatable bonds is 4. The molecule has 1 aromatic rings. The van der Waals surface area contributed by atoms with Gasteiger partial charge in [0, 0.05) is 19.6 Å². The normalized spacial score (nSPS) is 20.1. The lowest BCUT2D eigenvalue weighted by atomic mass is 10.2. The lowest BCUT2D eigenvalue weighted by Crippen LogP contribution is -2.37. The van der Waals surface area contributed by atoms with E-state index in [9.17, 15) is 0 Å². The van der Waals surface area contributed by atoms with Crippen molar-refractivity contribution in [1.82, 2.24) is 14.9 Å². The van der Waals surface area contributed by atoms with Crippen LogP contribution in [0.15, 0.2) is 6.33 Å².